The Kier molecular flexibility index (Phi) is 4.37. The molecule has 0 spiro atoms. The summed E-state index contributed by atoms with van der Waals surface area (Å²) in [6, 6.07) is 4.55. The van der Waals surface area contributed by atoms with Gasteiger partial charge in [-0.15, -0.1) is 0 Å². The smallest absolute Gasteiger partial charge is 0.142 e. The van der Waals surface area contributed by atoms with Crippen LogP contribution in [0, 0.1) is 11.7 Å². The van der Waals surface area contributed by atoms with Crippen LogP contribution in [0.3, 0.4) is 0 Å². The van der Waals surface area contributed by atoms with Crippen LogP contribution in [-0.4, -0.2) is 18.3 Å². The fourth-order valence-corrected chi connectivity index (χ4v) is 2.45. The first-order chi connectivity index (χ1) is 8.18. The van der Waals surface area contributed by atoms with E-state index in [1.54, 1.807) is 12.1 Å². The van der Waals surface area contributed by atoms with Crippen LogP contribution in [0.2, 0.25) is 5.02 Å². The molecule has 1 unspecified atom stereocenters. The number of rotatable bonds is 3. The molecule has 4 heteroatoms. The summed E-state index contributed by atoms with van der Waals surface area (Å²) in [5, 5.41) is 10.1. The van der Waals surface area contributed by atoms with Gasteiger partial charge in [0.1, 0.15) is 5.82 Å². The highest BCUT2D eigenvalue weighted by molar-refractivity contribution is 6.31. The van der Waals surface area contributed by atoms with Crippen molar-refractivity contribution < 1.29 is 14.2 Å². The average molecular weight is 259 g/mol. The van der Waals surface area contributed by atoms with Gasteiger partial charge < -0.3 is 9.84 Å². The Labute approximate surface area is 105 Å². The van der Waals surface area contributed by atoms with E-state index >= 15 is 0 Å². The minimum Gasteiger partial charge on any atom is -0.388 e. The average Bonchev–Trinajstić information content (AvgIpc) is 2.34. The Hall–Kier alpha value is -0.640. The third-order valence-corrected chi connectivity index (χ3v) is 3.64. The summed E-state index contributed by atoms with van der Waals surface area (Å²) in [6.07, 6.45) is 1.82. The van der Waals surface area contributed by atoms with Crippen LogP contribution in [0.15, 0.2) is 18.2 Å². The van der Waals surface area contributed by atoms with Crippen molar-refractivity contribution in [3.8, 4) is 0 Å². The molecule has 0 amide bonds. The SMILES string of the molecule is OC(CC1CCOCC1)c1cccc(F)c1Cl. The molecule has 17 heavy (non-hydrogen) atoms. The van der Waals surface area contributed by atoms with Gasteiger partial charge >= 0.3 is 0 Å². The van der Waals surface area contributed by atoms with Gasteiger partial charge in [-0.2, -0.15) is 0 Å². The van der Waals surface area contributed by atoms with E-state index in [1.165, 1.54) is 6.07 Å². The van der Waals surface area contributed by atoms with Crippen LogP contribution in [0.25, 0.3) is 0 Å². The molecule has 94 valence electrons. The monoisotopic (exact) mass is 258 g/mol. The zero-order chi connectivity index (χ0) is 12.3. The molecule has 1 N–H and O–H groups in total. The third-order valence-electron chi connectivity index (χ3n) is 3.24. The van der Waals surface area contributed by atoms with E-state index in [0.29, 0.717) is 17.9 Å². The first-order valence-electron chi connectivity index (χ1n) is 5.88. The second-order valence-corrected chi connectivity index (χ2v) is 4.83. The third kappa shape index (κ3) is 3.18. The van der Waals surface area contributed by atoms with Crippen LogP contribution in [-0.2, 0) is 4.74 Å². The van der Waals surface area contributed by atoms with E-state index in [4.69, 9.17) is 16.3 Å². The summed E-state index contributed by atoms with van der Waals surface area (Å²) in [6.45, 7) is 1.49. The Bertz CT molecular complexity index is 378. The first-order valence-corrected chi connectivity index (χ1v) is 6.26. The quantitative estimate of drug-likeness (QED) is 0.901. The number of aliphatic hydroxyl groups is 1. The highest BCUT2D eigenvalue weighted by Gasteiger charge is 2.21. The van der Waals surface area contributed by atoms with E-state index in [9.17, 15) is 9.50 Å². The molecule has 1 fully saturated rings. The molecule has 0 bridgehead atoms. The molecule has 1 aromatic carbocycles. The van der Waals surface area contributed by atoms with Crippen molar-refractivity contribution in [2.24, 2.45) is 5.92 Å². The zero-order valence-electron chi connectivity index (χ0n) is 9.53. The van der Waals surface area contributed by atoms with Crippen LogP contribution in [0.1, 0.15) is 30.9 Å². The number of halogens is 2. The Morgan fingerprint density at radius 2 is 2.12 bits per heavy atom. The predicted molar refractivity (Wildman–Crippen MR) is 64.5 cm³/mol. The summed E-state index contributed by atoms with van der Waals surface area (Å²) in [7, 11) is 0. The topological polar surface area (TPSA) is 29.5 Å². The van der Waals surface area contributed by atoms with Crippen molar-refractivity contribution in [3.05, 3.63) is 34.6 Å². The van der Waals surface area contributed by atoms with E-state index in [-0.39, 0.29) is 5.02 Å². The second-order valence-electron chi connectivity index (χ2n) is 4.45. The number of aliphatic hydroxyl groups excluding tert-OH is 1. The molecule has 0 saturated carbocycles. The van der Waals surface area contributed by atoms with Gasteiger partial charge in [0.2, 0.25) is 0 Å². The number of ether oxygens (including phenoxy) is 1. The van der Waals surface area contributed by atoms with Crippen molar-refractivity contribution in [2.75, 3.05) is 13.2 Å². The lowest BCUT2D eigenvalue weighted by molar-refractivity contribution is 0.0435. The molecular formula is C13H16ClFO2. The van der Waals surface area contributed by atoms with Crippen molar-refractivity contribution in [2.45, 2.75) is 25.4 Å². The van der Waals surface area contributed by atoms with Crippen molar-refractivity contribution in [3.63, 3.8) is 0 Å². The summed E-state index contributed by atoms with van der Waals surface area (Å²) in [5.41, 5.74) is 0.484. The largest absolute Gasteiger partial charge is 0.388 e. The molecule has 1 heterocycles. The molecule has 1 saturated heterocycles. The summed E-state index contributed by atoms with van der Waals surface area (Å²) in [5.74, 6) is -0.0479. The van der Waals surface area contributed by atoms with Gasteiger partial charge in [-0.05, 0) is 31.2 Å². The summed E-state index contributed by atoms with van der Waals surface area (Å²) >= 11 is 5.85. The Morgan fingerprint density at radius 1 is 1.41 bits per heavy atom. The molecule has 0 aliphatic carbocycles. The van der Waals surface area contributed by atoms with Crippen LogP contribution in [0.4, 0.5) is 4.39 Å². The van der Waals surface area contributed by atoms with Crippen LogP contribution < -0.4 is 0 Å². The van der Waals surface area contributed by atoms with Gasteiger partial charge in [0, 0.05) is 18.8 Å². The van der Waals surface area contributed by atoms with Crippen molar-refractivity contribution in [1.29, 1.82) is 0 Å². The molecule has 0 aromatic heterocycles. The van der Waals surface area contributed by atoms with Crippen LogP contribution in [0.5, 0.6) is 0 Å². The predicted octanol–water partition coefficient (Wildman–Crippen LogP) is 3.33. The van der Waals surface area contributed by atoms with E-state index in [2.05, 4.69) is 0 Å². The highest BCUT2D eigenvalue weighted by atomic mass is 35.5. The second kappa shape index (κ2) is 5.80. The first kappa shape index (κ1) is 12.8. The van der Waals surface area contributed by atoms with Gasteiger partial charge in [0.15, 0.2) is 0 Å². The summed E-state index contributed by atoms with van der Waals surface area (Å²) in [4.78, 5) is 0. The molecule has 1 atom stereocenters. The summed E-state index contributed by atoms with van der Waals surface area (Å²) < 4.78 is 18.5. The molecule has 1 aliphatic heterocycles. The molecule has 1 aromatic rings. The molecule has 2 nitrogen and oxygen atoms in total. The maximum atomic E-state index is 13.3. The molecular weight excluding hydrogens is 243 g/mol. The zero-order valence-corrected chi connectivity index (χ0v) is 10.3. The van der Waals surface area contributed by atoms with Gasteiger partial charge in [0.05, 0.1) is 11.1 Å². The maximum absolute atomic E-state index is 13.3. The highest BCUT2D eigenvalue weighted by Crippen LogP contribution is 2.32. The fourth-order valence-electron chi connectivity index (χ4n) is 2.20. The van der Waals surface area contributed by atoms with E-state index in [1.807, 2.05) is 0 Å². The van der Waals surface area contributed by atoms with Crippen molar-refractivity contribution >= 4 is 11.6 Å². The lowest BCUT2D eigenvalue weighted by atomic mass is 9.91. The Balaban J connectivity index is 2.03. The van der Waals surface area contributed by atoms with E-state index < -0.39 is 11.9 Å². The lowest BCUT2D eigenvalue weighted by Gasteiger charge is -2.24. The molecule has 1 aliphatic rings. The molecule has 0 radical (unpaired) electrons. The van der Waals surface area contributed by atoms with Gasteiger partial charge in [0.25, 0.3) is 0 Å². The normalized spacial score (nSPS) is 19.2. The van der Waals surface area contributed by atoms with Gasteiger partial charge in [-0.3, -0.25) is 0 Å². The standard InChI is InChI=1S/C13H16ClFO2/c14-13-10(2-1-3-11(13)15)12(16)8-9-4-6-17-7-5-9/h1-3,9,12,16H,4-8H2. The fraction of sp³-hybridized carbons (Fsp3) is 0.538. The number of hydrogen-bond acceptors (Lipinski definition) is 2. The Morgan fingerprint density at radius 3 is 2.82 bits per heavy atom. The molecule has 2 rings (SSSR count). The minimum absolute atomic E-state index is 0.0343. The lowest BCUT2D eigenvalue weighted by Crippen LogP contribution is -2.18. The van der Waals surface area contributed by atoms with E-state index in [0.717, 1.165) is 26.1 Å². The number of hydrogen-bond donors (Lipinski definition) is 1. The van der Waals surface area contributed by atoms with Gasteiger partial charge in [-0.25, -0.2) is 4.39 Å². The van der Waals surface area contributed by atoms with Gasteiger partial charge in [-0.1, -0.05) is 23.7 Å². The maximum Gasteiger partial charge on any atom is 0.142 e. The number of benzene rings is 1. The van der Waals surface area contributed by atoms with Crippen LogP contribution >= 0.6 is 11.6 Å². The van der Waals surface area contributed by atoms with Crippen molar-refractivity contribution in [1.82, 2.24) is 0 Å². The minimum atomic E-state index is -0.693.